The van der Waals surface area contributed by atoms with Gasteiger partial charge in [-0.1, -0.05) is 60.7 Å². The molecular weight excluding hydrogens is 308 g/mol. The molecule has 0 spiro atoms. The van der Waals surface area contributed by atoms with E-state index in [1.165, 1.54) is 11.1 Å². The summed E-state index contributed by atoms with van der Waals surface area (Å²) in [7, 11) is 0. The molecule has 0 atom stereocenters. The summed E-state index contributed by atoms with van der Waals surface area (Å²) < 4.78 is 0. The second-order valence-electron chi connectivity index (χ2n) is 6.78. The Hall–Kier alpha value is -2.30. The lowest BCUT2D eigenvalue weighted by Crippen LogP contribution is -2.38. The van der Waals surface area contributed by atoms with E-state index >= 15 is 0 Å². The molecule has 1 heterocycles. The van der Waals surface area contributed by atoms with Crippen molar-refractivity contribution < 1.29 is 0 Å². The Balaban J connectivity index is 1.59. The van der Waals surface area contributed by atoms with E-state index < -0.39 is 0 Å². The summed E-state index contributed by atoms with van der Waals surface area (Å²) in [6.45, 7) is 3.16. The van der Waals surface area contributed by atoms with Crippen molar-refractivity contribution >= 4 is 0 Å². The zero-order valence-electron chi connectivity index (χ0n) is 14.7. The lowest BCUT2D eigenvalue weighted by molar-refractivity contribution is 0.187. The monoisotopic (exact) mass is 336 g/mol. The smallest absolute Gasteiger partial charge is 0.0481 e. The average Bonchev–Trinajstić information content (AvgIpc) is 2.65. The third kappa shape index (κ3) is 4.84. The zero-order valence-corrected chi connectivity index (χ0v) is 14.7. The summed E-state index contributed by atoms with van der Waals surface area (Å²) in [5, 5.41) is 0. The van der Waals surface area contributed by atoms with Crippen molar-refractivity contribution in [1.82, 2.24) is 10.3 Å². The minimum absolute atomic E-state index is 0.417. The maximum absolute atomic E-state index is 6.37. The zero-order chi connectivity index (χ0) is 17.5. The molecule has 1 aliphatic heterocycles. The minimum atomic E-state index is 0.417. The van der Waals surface area contributed by atoms with Crippen LogP contribution in [0, 0.1) is 5.92 Å². The van der Waals surface area contributed by atoms with Crippen LogP contribution in [0.3, 0.4) is 0 Å². The number of hydrazine groups is 1. The SMILES string of the molecule is NN/C(=C(\N)Cc1ccccc1)C1CCN(Cc2ccccc2)CC1. The van der Waals surface area contributed by atoms with Crippen LogP contribution in [0.5, 0.6) is 0 Å². The number of hydrogen-bond acceptors (Lipinski definition) is 4. The van der Waals surface area contributed by atoms with Crippen molar-refractivity contribution in [3.05, 3.63) is 83.2 Å². The van der Waals surface area contributed by atoms with E-state index in [1.807, 2.05) is 18.2 Å². The highest BCUT2D eigenvalue weighted by Gasteiger charge is 2.23. The molecule has 25 heavy (non-hydrogen) atoms. The van der Waals surface area contributed by atoms with Crippen LogP contribution < -0.4 is 17.0 Å². The Morgan fingerprint density at radius 3 is 2.04 bits per heavy atom. The Morgan fingerprint density at radius 1 is 0.920 bits per heavy atom. The molecule has 2 aromatic carbocycles. The number of allylic oxidation sites excluding steroid dienone is 2. The standard InChI is InChI=1S/C21H28N4/c22-20(15-17-7-3-1-4-8-17)21(24-23)19-11-13-25(14-12-19)16-18-9-5-2-6-10-18/h1-10,19,24H,11-16,22-23H2/b21-20-. The second-order valence-corrected chi connectivity index (χ2v) is 6.78. The molecule has 5 N–H and O–H groups in total. The van der Waals surface area contributed by atoms with Crippen LogP contribution in [-0.2, 0) is 13.0 Å². The number of nitrogens with two attached hydrogens (primary N) is 2. The highest BCUT2D eigenvalue weighted by Crippen LogP contribution is 2.25. The van der Waals surface area contributed by atoms with Gasteiger partial charge in [0.2, 0.25) is 0 Å². The summed E-state index contributed by atoms with van der Waals surface area (Å²) in [4.78, 5) is 2.51. The van der Waals surface area contributed by atoms with E-state index in [2.05, 4.69) is 52.8 Å². The van der Waals surface area contributed by atoms with Gasteiger partial charge in [0.1, 0.15) is 0 Å². The molecule has 1 aliphatic rings. The molecule has 1 saturated heterocycles. The molecule has 4 heteroatoms. The van der Waals surface area contributed by atoms with Gasteiger partial charge in [-0.05, 0) is 37.1 Å². The maximum atomic E-state index is 6.37. The van der Waals surface area contributed by atoms with Gasteiger partial charge in [-0.3, -0.25) is 10.7 Å². The minimum Gasteiger partial charge on any atom is -0.400 e. The quantitative estimate of drug-likeness (QED) is 0.560. The molecule has 3 rings (SSSR count). The van der Waals surface area contributed by atoms with E-state index in [4.69, 9.17) is 11.6 Å². The van der Waals surface area contributed by atoms with Crippen LogP contribution >= 0.6 is 0 Å². The molecule has 0 aliphatic carbocycles. The fraction of sp³-hybridized carbons (Fsp3) is 0.333. The maximum Gasteiger partial charge on any atom is 0.0481 e. The summed E-state index contributed by atoms with van der Waals surface area (Å²) in [6, 6.07) is 21.0. The molecule has 4 nitrogen and oxygen atoms in total. The van der Waals surface area contributed by atoms with E-state index in [0.717, 1.165) is 50.3 Å². The first-order valence-electron chi connectivity index (χ1n) is 9.01. The van der Waals surface area contributed by atoms with E-state index in [9.17, 15) is 0 Å². The van der Waals surface area contributed by atoms with Crippen LogP contribution in [0.1, 0.15) is 24.0 Å². The van der Waals surface area contributed by atoms with Crippen molar-refractivity contribution in [3.63, 3.8) is 0 Å². The van der Waals surface area contributed by atoms with E-state index in [-0.39, 0.29) is 0 Å². The number of nitrogens with one attached hydrogen (secondary N) is 1. The first kappa shape index (κ1) is 17.5. The summed E-state index contributed by atoms with van der Waals surface area (Å²) in [6.07, 6.45) is 2.91. The number of likely N-dealkylation sites (tertiary alicyclic amines) is 1. The van der Waals surface area contributed by atoms with E-state index in [0.29, 0.717) is 5.92 Å². The van der Waals surface area contributed by atoms with Gasteiger partial charge in [0.25, 0.3) is 0 Å². The van der Waals surface area contributed by atoms with Crippen LogP contribution in [0.2, 0.25) is 0 Å². The highest BCUT2D eigenvalue weighted by molar-refractivity contribution is 5.24. The van der Waals surface area contributed by atoms with Crippen molar-refractivity contribution in [2.45, 2.75) is 25.8 Å². The van der Waals surface area contributed by atoms with Gasteiger partial charge in [-0.2, -0.15) is 0 Å². The molecule has 0 amide bonds. The lowest BCUT2D eigenvalue weighted by Gasteiger charge is -2.33. The normalized spacial score (nSPS) is 17.2. The predicted molar refractivity (Wildman–Crippen MR) is 103 cm³/mol. The summed E-state index contributed by atoms with van der Waals surface area (Å²) in [5.41, 5.74) is 13.7. The molecule has 2 aromatic rings. The first-order chi connectivity index (χ1) is 12.3. The first-order valence-corrected chi connectivity index (χ1v) is 9.01. The van der Waals surface area contributed by atoms with Gasteiger partial charge in [0.15, 0.2) is 0 Å². The third-order valence-electron chi connectivity index (χ3n) is 4.98. The van der Waals surface area contributed by atoms with Gasteiger partial charge in [0, 0.05) is 30.3 Å². The van der Waals surface area contributed by atoms with Crippen molar-refractivity contribution in [1.29, 1.82) is 0 Å². The lowest BCUT2D eigenvalue weighted by atomic mass is 9.91. The van der Waals surface area contributed by atoms with Gasteiger partial charge in [-0.25, -0.2) is 0 Å². The van der Waals surface area contributed by atoms with E-state index in [1.54, 1.807) is 0 Å². The summed E-state index contributed by atoms with van der Waals surface area (Å²) >= 11 is 0. The number of rotatable bonds is 6. The molecule has 132 valence electrons. The van der Waals surface area contributed by atoms with Crippen LogP contribution in [0.4, 0.5) is 0 Å². The molecular formula is C21H28N4. The third-order valence-corrected chi connectivity index (χ3v) is 4.98. The van der Waals surface area contributed by atoms with Crippen LogP contribution in [-0.4, -0.2) is 18.0 Å². The summed E-state index contributed by atoms with van der Waals surface area (Å²) in [5.74, 6) is 6.23. The van der Waals surface area contributed by atoms with Crippen molar-refractivity contribution in [2.24, 2.45) is 17.5 Å². The fourth-order valence-corrected chi connectivity index (χ4v) is 3.61. The van der Waals surface area contributed by atoms with Crippen molar-refractivity contribution in [2.75, 3.05) is 13.1 Å². The fourth-order valence-electron chi connectivity index (χ4n) is 3.61. The molecule has 0 saturated carbocycles. The predicted octanol–water partition coefficient (Wildman–Crippen LogP) is 2.77. The van der Waals surface area contributed by atoms with Crippen molar-refractivity contribution in [3.8, 4) is 0 Å². The Bertz CT molecular complexity index is 674. The number of benzene rings is 2. The Kier molecular flexibility index (Phi) is 6.09. The average molecular weight is 336 g/mol. The molecule has 0 unspecified atom stereocenters. The highest BCUT2D eigenvalue weighted by atomic mass is 15.2. The van der Waals surface area contributed by atoms with Gasteiger partial charge >= 0.3 is 0 Å². The number of nitrogens with zero attached hydrogens (tertiary/aromatic N) is 1. The second kappa shape index (κ2) is 8.70. The van der Waals surface area contributed by atoms with Crippen LogP contribution in [0.25, 0.3) is 0 Å². The van der Waals surface area contributed by atoms with Gasteiger partial charge in [0.05, 0.1) is 0 Å². The topological polar surface area (TPSA) is 67.3 Å². The molecule has 0 aromatic heterocycles. The number of hydrogen-bond donors (Lipinski definition) is 3. The molecule has 0 radical (unpaired) electrons. The van der Waals surface area contributed by atoms with Gasteiger partial charge < -0.3 is 11.2 Å². The Labute approximate surface area is 150 Å². The Morgan fingerprint density at radius 2 is 1.48 bits per heavy atom. The molecule has 1 fully saturated rings. The molecule has 0 bridgehead atoms. The largest absolute Gasteiger partial charge is 0.400 e. The van der Waals surface area contributed by atoms with Gasteiger partial charge in [-0.15, -0.1) is 0 Å². The number of piperidine rings is 1. The van der Waals surface area contributed by atoms with Crippen LogP contribution in [0.15, 0.2) is 72.1 Å².